The standard InChI is InChI=1S/C13H18N4O/c1-10-5-14-17(7-10)13-3-4-16(9-13)8-12-6-15-18-11(12)2/h5-7,13H,3-4,8-9H2,1-2H3. The number of rotatable bonds is 3. The lowest BCUT2D eigenvalue weighted by atomic mass is 10.2. The Morgan fingerprint density at radius 3 is 2.94 bits per heavy atom. The Morgan fingerprint density at radius 2 is 2.28 bits per heavy atom. The summed E-state index contributed by atoms with van der Waals surface area (Å²) in [6.45, 7) is 7.12. The van der Waals surface area contributed by atoms with E-state index in [0.29, 0.717) is 6.04 Å². The second kappa shape index (κ2) is 4.57. The summed E-state index contributed by atoms with van der Waals surface area (Å²) in [6, 6.07) is 0.499. The van der Waals surface area contributed by atoms with Crippen molar-refractivity contribution in [2.45, 2.75) is 32.9 Å². The minimum Gasteiger partial charge on any atom is -0.361 e. The van der Waals surface area contributed by atoms with Gasteiger partial charge in [0.15, 0.2) is 0 Å². The molecule has 18 heavy (non-hydrogen) atoms. The molecule has 1 atom stereocenters. The van der Waals surface area contributed by atoms with Crippen LogP contribution < -0.4 is 0 Å². The predicted octanol–water partition coefficient (Wildman–Crippen LogP) is 1.93. The first-order valence-electron chi connectivity index (χ1n) is 6.35. The van der Waals surface area contributed by atoms with Crippen LogP contribution in [0.4, 0.5) is 0 Å². The molecule has 3 heterocycles. The van der Waals surface area contributed by atoms with Crippen molar-refractivity contribution in [1.82, 2.24) is 19.8 Å². The van der Waals surface area contributed by atoms with Gasteiger partial charge in [0, 0.05) is 31.4 Å². The fraction of sp³-hybridized carbons (Fsp3) is 0.538. The largest absolute Gasteiger partial charge is 0.361 e. The van der Waals surface area contributed by atoms with E-state index in [9.17, 15) is 0 Å². The molecule has 1 saturated heterocycles. The molecule has 5 heteroatoms. The molecule has 0 bridgehead atoms. The van der Waals surface area contributed by atoms with Crippen molar-refractivity contribution in [3.63, 3.8) is 0 Å². The van der Waals surface area contributed by atoms with Crippen molar-refractivity contribution in [2.75, 3.05) is 13.1 Å². The van der Waals surface area contributed by atoms with Gasteiger partial charge in [-0.1, -0.05) is 5.16 Å². The zero-order chi connectivity index (χ0) is 12.5. The molecule has 0 amide bonds. The van der Waals surface area contributed by atoms with E-state index in [1.165, 1.54) is 11.1 Å². The van der Waals surface area contributed by atoms with Crippen molar-refractivity contribution < 1.29 is 4.52 Å². The Kier molecular flexibility index (Phi) is 2.91. The molecule has 0 saturated carbocycles. The Morgan fingerprint density at radius 1 is 1.39 bits per heavy atom. The van der Waals surface area contributed by atoms with Crippen LogP contribution in [0.25, 0.3) is 0 Å². The van der Waals surface area contributed by atoms with Gasteiger partial charge in [-0.05, 0) is 25.8 Å². The summed E-state index contributed by atoms with van der Waals surface area (Å²) in [4.78, 5) is 2.43. The molecule has 3 rings (SSSR count). The molecule has 2 aromatic rings. The number of hydrogen-bond acceptors (Lipinski definition) is 4. The van der Waals surface area contributed by atoms with Crippen LogP contribution in [0.2, 0.25) is 0 Å². The van der Waals surface area contributed by atoms with Crippen molar-refractivity contribution >= 4 is 0 Å². The van der Waals surface area contributed by atoms with Crippen molar-refractivity contribution in [2.24, 2.45) is 0 Å². The molecule has 0 aromatic carbocycles. The lowest BCUT2D eigenvalue weighted by molar-refractivity contribution is 0.308. The van der Waals surface area contributed by atoms with Gasteiger partial charge in [-0.3, -0.25) is 9.58 Å². The summed E-state index contributed by atoms with van der Waals surface area (Å²) in [7, 11) is 0. The van der Waals surface area contributed by atoms with E-state index in [2.05, 4.69) is 33.0 Å². The van der Waals surface area contributed by atoms with Crippen LogP contribution in [0.1, 0.15) is 29.3 Å². The number of aryl methyl sites for hydroxylation is 2. The minimum atomic E-state index is 0.499. The third-order valence-corrected chi connectivity index (χ3v) is 3.60. The van der Waals surface area contributed by atoms with Crippen LogP contribution in [0.5, 0.6) is 0 Å². The van der Waals surface area contributed by atoms with Crippen LogP contribution >= 0.6 is 0 Å². The lowest BCUT2D eigenvalue weighted by Gasteiger charge is -2.15. The Hall–Kier alpha value is -1.62. The third kappa shape index (κ3) is 2.18. The van der Waals surface area contributed by atoms with Crippen LogP contribution in [0, 0.1) is 13.8 Å². The van der Waals surface area contributed by atoms with E-state index in [4.69, 9.17) is 4.52 Å². The van der Waals surface area contributed by atoms with Gasteiger partial charge in [0.05, 0.1) is 18.4 Å². The highest BCUT2D eigenvalue weighted by Crippen LogP contribution is 2.23. The number of aromatic nitrogens is 3. The zero-order valence-corrected chi connectivity index (χ0v) is 10.8. The molecule has 5 nitrogen and oxygen atoms in total. The van der Waals surface area contributed by atoms with Crippen molar-refractivity contribution in [3.05, 3.63) is 35.5 Å². The van der Waals surface area contributed by atoms with Gasteiger partial charge in [-0.2, -0.15) is 5.10 Å². The van der Waals surface area contributed by atoms with Crippen LogP contribution in [0.15, 0.2) is 23.1 Å². The average molecular weight is 246 g/mol. The quantitative estimate of drug-likeness (QED) is 0.830. The first-order valence-corrected chi connectivity index (χ1v) is 6.35. The molecule has 1 fully saturated rings. The predicted molar refractivity (Wildman–Crippen MR) is 67.1 cm³/mol. The van der Waals surface area contributed by atoms with Gasteiger partial charge in [-0.15, -0.1) is 0 Å². The van der Waals surface area contributed by atoms with Crippen LogP contribution in [-0.4, -0.2) is 32.9 Å². The van der Waals surface area contributed by atoms with E-state index in [1.54, 1.807) is 0 Å². The highest BCUT2D eigenvalue weighted by molar-refractivity contribution is 5.11. The average Bonchev–Trinajstić information content (AvgIpc) is 3.03. The molecule has 96 valence electrons. The number of likely N-dealkylation sites (tertiary alicyclic amines) is 1. The second-order valence-electron chi connectivity index (χ2n) is 5.08. The normalized spacial score (nSPS) is 20.7. The van der Waals surface area contributed by atoms with Crippen LogP contribution in [0.3, 0.4) is 0 Å². The van der Waals surface area contributed by atoms with Crippen molar-refractivity contribution in [1.29, 1.82) is 0 Å². The molecular formula is C13H18N4O. The molecular weight excluding hydrogens is 228 g/mol. The molecule has 0 aliphatic carbocycles. The number of hydrogen-bond donors (Lipinski definition) is 0. The van der Waals surface area contributed by atoms with E-state index in [-0.39, 0.29) is 0 Å². The fourth-order valence-corrected chi connectivity index (χ4v) is 2.52. The summed E-state index contributed by atoms with van der Waals surface area (Å²) in [5.41, 5.74) is 2.41. The summed E-state index contributed by atoms with van der Waals surface area (Å²) in [6.07, 6.45) is 7.03. The molecule has 0 spiro atoms. The fourth-order valence-electron chi connectivity index (χ4n) is 2.52. The van der Waals surface area contributed by atoms with E-state index < -0.39 is 0 Å². The highest BCUT2D eigenvalue weighted by atomic mass is 16.5. The first kappa shape index (κ1) is 11.5. The minimum absolute atomic E-state index is 0.499. The smallest absolute Gasteiger partial charge is 0.138 e. The Labute approximate surface area is 106 Å². The Balaban J connectivity index is 1.63. The summed E-state index contributed by atoms with van der Waals surface area (Å²) in [5.74, 6) is 0.924. The van der Waals surface area contributed by atoms with Gasteiger partial charge in [0.1, 0.15) is 5.76 Å². The van der Waals surface area contributed by atoms with E-state index >= 15 is 0 Å². The third-order valence-electron chi connectivity index (χ3n) is 3.60. The molecule has 1 unspecified atom stereocenters. The summed E-state index contributed by atoms with van der Waals surface area (Å²) >= 11 is 0. The van der Waals surface area contributed by atoms with E-state index in [1.807, 2.05) is 19.3 Å². The number of nitrogens with zero attached hydrogens (tertiary/aromatic N) is 4. The maximum atomic E-state index is 5.10. The second-order valence-corrected chi connectivity index (χ2v) is 5.08. The van der Waals surface area contributed by atoms with Gasteiger partial charge < -0.3 is 4.52 Å². The molecule has 0 N–H and O–H groups in total. The molecule has 2 aromatic heterocycles. The SMILES string of the molecule is Cc1cnn(C2CCN(Cc3cnoc3C)C2)c1. The monoisotopic (exact) mass is 246 g/mol. The maximum absolute atomic E-state index is 5.10. The molecule has 1 aliphatic rings. The van der Waals surface area contributed by atoms with Gasteiger partial charge >= 0.3 is 0 Å². The summed E-state index contributed by atoms with van der Waals surface area (Å²) in [5, 5.41) is 8.23. The molecule has 0 radical (unpaired) electrons. The van der Waals surface area contributed by atoms with Crippen LogP contribution in [-0.2, 0) is 6.54 Å². The first-order chi connectivity index (χ1) is 8.72. The van der Waals surface area contributed by atoms with E-state index in [0.717, 1.165) is 31.8 Å². The Bertz CT molecular complexity index is 531. The lowest BCUT2D eigenvalue weighted by Crippen LogP contribution is -2.21. The topological polar surface area (TPSA) is 47.1 Å². The molecule has 1 aliphatic heterocycles. The highest BCUT2D eigenvalue weighted by Gasteiger charge is 2.25. The van der Waals surface area contributed by atoms with Gasteiger partial charge in [0.25, 0.3) is 0 Å². The van der Waals surface area contributed by atoms with Gasteiger partial charge in [0.2, 0.25) is 0 Å². The zero-order valence-electron chi connectivity index (χ0n) is 10.8. The summed E-state index contributed by atoms with van der Waals surface area (Å²) < 4.78 is 7.19. The van der Waals surface area contributed by atoms with Crippen molar-refractivity contribution in [3.8, 4) is 0 Å². The van der Waals surface area contributed by atoms with Gasteiger partial charge in [-0.25, -0.2) is 0 Å². The maximum Gasteiger partial charge on any atom is 0.138 e.